The molecule has 1 N–H and O–H groups in total. The Morgan fingerprint density at radius 2 is 1.91 bits per heavy atom. The van der Waals surface area contributed by atoms with Gasteiger partial charge < -0.3 is 14.6 Å². The zero-order chi connectivity index (χ0) is 24.7. The topological polar surface area (TPSA) is 85.2 Å². The fraction of sp³-hybridized carbons (Fsp3) is 0.240. The summed E-state index contributed by atoms with van der Waals surface area (Å²) in [6.07, 6.45) is 2.56. The van der Waals surface area contributed by atoms with Gasteiger partial charge in [-0.2, -0.15) is 0 Å². The van der Waals surface area contributed by atoms with Crippen molar-refractivity contribution in [3.8, 4) is 5.75 Å². The highest BCUT2D eigenvalue weighted by Crippen LogP contribution is 2.40. The molecular weight excluding hydrogens is 542 g/mol. The molecule has 178 valence electrons. The number of halogens is 2. The second-order valence-corrected chi connectivity index (χ2v) is 9.60. The molecular formula is C25H23BrClNO5S. The van der Waals surface area contributed by atoms with Gasteiger partial charge in [0.15, 0.2) is 0 Å². The number of nitrogens with zero attached hydrogens (tertiary/aromatic N) is 1. The Kier molecular flexibility index (Phi) is 9.38. The largest absolute Gasteiger partial charge is 0.506 e. The second-order valence-electron chi connectivity index (χ2n) is 7.21. The van der Waals surface area contributed by atoms with Crippen LogP contribution in [-0.2, 0) is 20.9 Å². The third kappa shape index (κ3) is 6.74. The summed E-state index contributed by atoms with van der Waals surface area (Å²) < 4.78 is 11.9. The number of hydrogen-bond donors (Lipinski definition) is 1. The van der Waals surface area contributed by atoms with Crippen LogP contribution in [-0.4, -0.2) is 28.6 Å². The lowest BCUT2D eigenvalue weighted by atomic mass is 10.1. The van der Waals surface area contributed by atoms with E-state index in [1.807, 2.05) is 31.2 Å². The van der Waals surface area contributed by atoms with E-state index in [4.69, 9.17) is 21.1 Å². The molecule has 1 amide bonds. The number of rotatable bonds is 8. The van der Waals surface area contributed by atoms with Gasteiger partial charge in [-0.15, -0.1) is 0 Å². The smallest absolute Gasteiger partial charge is 0.344 e. The van der Waals surface area contributed by atoms with Gasteiger partial charge in [0.1, 0.15) is 28.7 Å². The fourth-order valence-corrected chi connectivity index (χ4v) is 4.55. The molecule has 2 aromatic carbocycles. The normalized spacial score (nSPS) is 15.8. The SMILES string of the molecule is CCCC(=O)N=C1S/C(=C\c2cc(Br)ccc2OCc2ccc(Cl)cc2)C(O)=C1C(=O)OCC. The summed E-state index contributed by atoms with van der Waals surface area (Å²) in [6.45, 7) is 3.98. The van der Waals surface area contributed by atoms with E-state index >= 15 is 0 Å². The first-order chi connectivity index (χ1) is 16.3. The lowest BCUT2D eigenvalue weighted by Gasteiger charge is -2.11. The number of aliphatic hydroxyl groups is 1. The average molecular weight is 565 g/mol. The van der Waals surface area contributed by atoms with Gasteiger partial charge in [-0.3, -0.25) is 4.79 Å². The van der Waals surface area contributed by atoms with Gasteiger partial charge in [0.05, 0.1) is 11.5 Å². The molecule has 0 fully saturated rings. The number of thioether (sulfide) groups is 1. The van der Waals surface area contributed by atoms with Gasteiger partial charge in [-0.25, -0.2) is 9.79 Å². The number of carbonyl (C=O) groups excluding carboxylic acids is 2. The van der Waals surface area contributed by atoms with E-state index in [0.717, 1.165) is 21.8 Å². The quantitative estimate of drug-likeness (QED) is 0.352. The zero-order valence-corrected chi connectivity index (χ0v) is 21.8. The van der Waals surface area contributed by atoms with Crippen LogP contribution >= 0.6 is 39.3 Å². The molecule has 0 atom stereocenters. The van der Waals surface area contributed by atoms with Crippen molar-refractivity contribution in [2.75, 3.05) is 6.61 Å². The van der Waals surface area contributed by atoms with Crippen LogP contribution in [0.15, 0.2) is 68.2 Å². The Hall–Kier alpha value is -2.55. The first kappa shape index (κ1) is 26.1. The van der Waals surface area contributed by atoms with Crippen molar-refractivity contribution in [2.24, 2.45) is 4.99 Å². The highest BCUT2D eigenvalue weighted by molar-refractivity contribution is 9.10. The van der Waals surface area contributed by atoms with Crippen LogP contribution in [0.3, 0.4) is 0 Å². The molecule has 0 spiro atoms. The fourth-order valence-electron chi connectivity index (χ4n) is 3.02. The maximum atomic E-state index is 12.5. The van der Waals surface area contributed by atoms with Crippen molar-refractivity contribution < 1.29 is 24.2 Å². The van der Waals surface area contributed by atoms with E-state index in [1.54, 1.807) is 31.2 Å². The molecule has 0 aromatic heterocycles. The molecule has 0 aliphatic carbocycles. The van der Waals surface area contributed by atoms with Gasteiger partial charge in [-0.1, -0.05) is 58.3 Å². The van der Waals surface area contributed by atoms with Crippen LogP contribution in [0.2, 0.25) is 5.02 Å². The number of aliphatic hydroxyl groups excluding tert-OH is 1. The van der Waals surface area contributed by atoms with E-state index in [9.17, 15) is 14.7 Å². The van der Waals surface area contributed by atoms with Crippen molar-refractivity contribution in [1.29, 1.82) is 0 Å². The van der Waals surface area contributed by atoms with Crippen molar-refractivity contribution in [3.63, 3.8) is 0 Å². The molecule has 0 saturated heterocycles. The number of carbonyl (C=O) groups is 2. The number of ether oxygens (including phenoxy) is 2. The van der Waals surface area contributed by atoms with Crippen LogP contribution in [0.25, 0.3) is 6.08 Å². The standard InChI is InChI=1S/C25H23BrClNO5S/c1-3-5-21(29)28-24-22(25(31)32-4-2)23(30)20(34-24)13-16-12-17(26)8-11-19(16)33-14-15-6-9-18(27)10-7-15/h6-13,30H,3-5,14H2,1-2H3/b20-13-,28-24?. The van der Waals surface area contributed by atoms with Crippen LogP contribution in [0.5, 0.6) is 5.75 Å². The van der Waals surface area contributed by atoms with E-state index in [-0.39, 0.29) is 35.3 Å². The Morgan fingerprint density at radius 1 is 1.18 bits per heavy atom. The Bertz CT molecular complexity index is 1170. The molecule has 6 nitrogen and oxygen atoms in total. The number of benzene rings is 2. The first-order valence-electron chi connectivity index (χ1n) is 10.6. The lowest BCUT2D eigenvalue weighted by Crippen LogP contribution is -2.14. The summed E-state index contributed by atoms with van der Waals surface area (Å²) in [7, 11) is 0. The van der Waals surface area contributed by atoms with Gasteiger partial charge in [0.25, 0.3) is 0 Å². The van der Waals surface area contributed by atoms with Crippen molar-refractivity contribution >= 4 is 62.3 Å². The summed E-state index contributed by atoms with van der Waals surface area (Å²) in [5.74, 6) is -0.804. The van der Waals surface area contributed by atoms with E-state index < -0.39 is 5.97 Å². The molecule has 0 saturated carbocycles. The predicted octanol–water partition coefficient (Wildman–Crippen LogP) is 6.87. The van der Waals surface area contributed by atoms with Gasteiger partial charge >= 0.3 is 5.97 Å². The summed E-state index contributed by atoms with van der Waals surface area (Å²) in [6, 6.07) is 12.8. The Morgan fingerprint density at radius 3 is 2.59 bits per heavy atom. The minimum atomic E-state index is -0.729. The lowest BCUT2D eigenvalue weighted by molar-refractivity contribution is -0.138. The summed E-state index contributed by atoms with van der Waals surface area (Å²) in [5, 5.41) is 11.6. The van der Waals surface area contributed by atoms with Gasteiger partial charge in [0.2, 0.25) is 5.91 Å². The third-order valence-corrected chi connectivity index (χ3v) is 6.39. The van der Waals surface area contributed by atoms with E-state index in [1.165, 1.54) is 0 Å². The molecule has 9 heteroatoms. The molecule has 0 unspecified atom stereocenters. The minimum absolute atomic E-state index is 0.110. The summed E-state index contributed by atoms with van der Waals surface area (Å²) >= 11 is 10.4. The molecule has 1 aliphatic heterocycles. The second kappa shape index (κ2) is 12.2. The summed E-state index contributed by atoms with van der Waals surface area (Å²) in [4.78, 5) is 29.0. The van der Waals surface area contributed by atoms with Crippen LogP contribution < -0.4 is 4.74 Å². The van der Waals surface area contributed by atoms with Crippen LogP contribution in [0.4, 0.5) is 0 Å². The third-order valence-electron chi connectivity index (χ3n) is 4.63. The van der Waals surface area contributed by atoms with Crippen molar-refractivity contribution in [1.82, 2.24) is 0 Å². The predicted molar refractivity (Wildman–Crippen MR) is 139 cm³/mol. The monoisotopic (exact) mass is 563 g/mol. The molecule has 3 rings (SSSR count). The highest BCUT2D eigenvalue weighted by Gasteiger charge is 2.34. The van der Waals surface area contributed by atoms with Crippen LogP contribution in [0.1, 0.15) is 37.8 Å². The highest BCUT2D eigenvalue weighted by atomic mass is 79.9. The number of amides is 1. The molecule has 0 bridgehead atoms. The molecule has 0 radical (unpaired) electrons. The van der Waals surface area contributed by atoms with Gasteiger partial charge in [-0.05, 0) is 55.3 Å². The first-order valence-corrected chi connectivity index (χ1v) is 12.6. The van der Waals surface area contributed by atoms with Crippen LogP contribution in [0, 0.1) is 0 Å². The number of hydrogen-bond acceptors (Lipinski definition) is 6. The molecule has 34 heavy (non-hydrogen) atoms. The molecule has 2 aromatic rings. The zero-order valence-electron chi connectivity index (χ0n) is 18.6. The number of esters is 1. The average Bonchev–Trinajstić information content (AvgIpc) is 3.09. The Labute approximate surface area is 215 Å². The van der Waals surface area contributed by atoms with Crippen molar-refractivity contribution in [2.45, 2.75) is 33.3 Å². The summed E-state index contributed by atoms with van der Waals surface area (Å²) in [5.41, 5.74) is 1.50. The maximum absolute atomic E-state index is 12.5. The Balaban J connectivity index is 1.95. The van der Waals surface area contributed by atoms with Crippen molar-refractivity contribution in [3.05, 3.63) is 79.3 Å². The molecule has 1 heterocycles. The van der Waals surface area contributed by atoms with E-state index in [0.29, 0.717) is 34.3 Å². The van der Waals surface area contributed by atoms with E-state index in [2.05, 4.69) is 20.9 Å². The minimum Gasteiger partial charge on any atom is -0.506 e. The van der Waals surface area contributed by atoms with Gasteiger partial charge in [0, 0.05) is 21.5 Å². The maximum Gasteiger partial charge on any atom is 0.344 e. The number of aliphatic imine (C=N–C) groups is 1. The molecule has 1 aliphatic rings.